The maximum Gasteiger partial charge on any atom is 0.146 e. The van der Waals surface area contributed by atoms with Gasteiger partial charge >= 0.3 is 0 Å². The highest BCUT2D eigenvalue weighted by Crippen LogP contribution is 2.29. The van der Waals surface area contributed by atoms with E-state index < -0.39 is 0 Å². The molecule has 0 atom stereocenters. The molecule has 0 aliphatic rings. The van der Waals surface area contributed by atoms with Crippen LogP contribution in [0.2, 0.25) is 0 Å². The van der Waals surface area contributed by atoms with E-state index in [0.717, 1.165) is 72.4 Å². The minimum absolute atomic E-state index is 0.471. The highest BCUT2D eigenvalue weighted by molar-refractivity contribution is 9.10. The molecule has 2 aromatic heterocycles. The maximum absolute atomic E-state index is 5.89. The Morgan fingerprint density at radius 2 is 1.00 bits per heavy atom. The first-order valence-electron chi connectivity index (χ1n) is 13.7. The molecule has 4 aromatic carbocycles. The van der Waals surface area contributed by atoms with Crippen molar-refractivity contribution in [2.75, 3.05) is 5.73 Å². The molecular weight excluding hydrogens is 690 g/mol. The fraction of sp³-hybridized carbons (Fsp3) is 0.0625. The monoisotopic (exact) mass is 719 g/mol. The van der Waals surface area contributed by atoms with Gasteiger partial charge in [-0.15, -0.1) is 18.6 Å². The summed E-state index contributed by atoms with van der Waals surface area (Å²) in [7, 11) is 0. The molecule has 0 spiro atoms. The smallest absolute Gasteiger partial charge is 0.146 e. The van der Waals surface area contributed by atoms with Crippen molar-refractivity contribution in [2.24, 2.45) is 11.8 Å². The van der Waals surface area contributed by atoms with Crippen LogP contribution in [0.15, 0.2) is 124 Å². The Balaban J connectivity index is 0.000000181. The lowest BCUT2D eigenvalue weighted by Crippen LogP contribution is -2.00. The van der Waals surface area contributed by atoms with Crippen molar-refractivity contribution in [1.82, 2.24) is 19.6 Å². The van der Waals surface area contributed by atoms with E-state index in [-0.39, 0.29) is 0 Å². The lowest BCUT2D eigenvalue weighted by Gasteiger charge is -2.08. The van der Waals surface area contributed by atoms with Crippen LogP contribution >= 0.6 is 40.0 Å². The summed E-state index contributed by atoms with van der Waals surface area (Å²) in [6, 6.07) is 35.8. The van der Waals surface area contributed by atoms with Crippen LogP contribution in [0.25, 0.3) is 33.9 Å². The third kappa shape index (κ3) is 8.64. The number of anilines is 1. The summed E-state index contributed by atoms with van der Waals surface area (Å²) in [5.41, 5.74) is 14.3. The van der Waals surface area contributed by atoms with Crippen LogP contribution < -0.4 is 17.5 Å². The molecule has 46 heavy (non-hydrogen) atoms. The second-order valence-corrected chi connectivity index (χ2v) is 12.2. The van der Waals surface area contributed by atoms with Gasteiger partial charge in [0.2, 0.25) is 0 Å². The van der Waals surface area contributed by atoms with Crippen molar-refractivity contribution < 1.29 is 18.6 Å². The summed E-state index contributed by atoms with van der Waals surface area (Å²) >= 11 is 5.53. The highest BCUT2D eigenvalue weighted by atomic mass is 79.9. The van der Waals surface area contributed by atoms with Gasteiger partial charge in [-0.2, -0.15) is 22.0 Å². The van der Waals surface area contributed by atoms with Crippen LogP contribution in [0.5, 0.6) is 0 Å². The third-order valence-corrected chi connectivity index (χ3v) is 8.21. The molecule has 6 aromatic rings. The van der Waals surface area contributed by atoms with Gasteiger partial charge in [0, 0.05) is 27.0 Å². The van der Waals surface area contributed by atoms with Gasteiger partial charge < -0.3 is 5.73 Å². The molecule has 0 saturated heterocycles. The number of halogens is 1. The zero-order valence-corrected chi connectivity index (χ0v) is 28.0. The van der Waals surface area contributed by atoms with Crippen molar-refractivity contribution in [3.05, 3.63) is 125 Å². The summed E-state index contributed by atoms with van der Waals surface area (Å²) in [5, 5.41) is 8.91. The molecule has 0 bridgehead atoms. The van der Waals surface area contributed by atoms with E-state index in [1.54, 1.807) is 0 Å². The quantitative estimate of drug-likeness (QED) is 0.0726. The van der Waals surface area contributed by atoms with Gasteiger partial charge in [-0.1, -0.05) is 59.7 Å². The molecule has 6 rings (SSSR count). The van der Waals surface area contributed by atoms with Crippen LogP contribution in [0.4, 0.5) is 5.82 Å². The molecule has 0 amide bonds. The van der Waals surface area contributed by atoms with Gasteiger partial charge in [-0.3, -0.25) is 0 Å². The summed E-state index contributed by atoms with van der Waals surface area (Å²) in [4.78, 5) is 9.90. The molecule has 2 heterocycles. The van der Waals surface area contributed by atoms with Crippen LogP contribution in [-0.4, -0.2) is 19.6 Å². The second kappa shape index (κ2) is 16.0. The van der Waals surface area contributed by atoms with Gasteiger partial charge in [0.25, 0.3) is 0 Å². The summed E-state index contributed by atoms with van der Waals surface area (Å²) in [5.74, 6) is 10.1. The predicted octanol–water partition coefficient (Wildman–Crippen LogP) is 7.70. The topological polar surface area (TPSA) is 151 Å². The second-order valence-electron chi connectivity index (χ2n) is 9.85. The number of aromatic nitrogens is 4. The van der Waals surface area contributed by atoms with Gasteiger partial charge in [0.15, 0.2) is 0 Å². The first-order valence-corrected chi connectivity index (χ1v) is 16.0. The normalized spacial score (nSPS) is 10.9. The van der Waals surface area contributed by atoms with Crippen LogP contribution in [0.1, 0.15) is 11.1 Å². The zero-order valence-electron chi connectivity index (χ0n) is 24.7. The Labute approximate surface area is 282 Å². The minimum Gasteiger partial charge on any atom is -0.382 e. The number of nitrogens with zero attached hydrogens (tertiary/aromatic N) is 4. The van der Waals surface area contributed by atoms with Crippen molar-refractivity contribution in [3.63, 3.8) is 0 Å². The fourth-order valence-corrected chi connectivity index (χ4v) is 5.51. The van der Waals surface area contributed by atoms with E-state index >= 15 is 0 Å². The number of nitrogens with two attached hydrogens (primary N) is 3. The molecule has 14 heteroatoms. The lowest BCUT2D eigenvalue weighted by molar-refractivity contribution is -0.195. The van der Waals surface area contributed by atoms with E-state index in [0.29, 0.717) is 5.82 Å². The van der Waals surface area contributed by atoms with E-state index in [1.807, 2.05) is 70.0 Å². The number of benzene rings is 4. The summed E-state index contributed by atoms with van der Waals surface area (Å²) in [6.07, 6.45) is 0. The average molecular weight is 721 g/mol. The van der Waals surface area contributed by atoms with Crippen molar-refractivity contribution in [1.29, 1.82) is 0 Å². The average Bonchev–Trinajstić information content (AvgIpc) is 3.66. The molecular formula is C32H30BrN7O4S2. The molecule has 236 valence electrons. The lowest BCUT2D eigenvalue weighted by atomic mass is 10.1. The first-order chi connectivity index (χ1) is 22.3. The van der Waals surface area contributed by atoms with E-state index in [1.165, 1.54) is 11.1 Å². The van der Waals surface area contributed by atoms with Crippen LogP contribution in [0.3, 0.4) is 0 Å². The number of hydrogen-bond acceptors (Lipinski definition) is 11. The van der Waals surface area contributed by atoms with Crippen LogP contribution in [-0.2, 0) is 18.6 Å². The summed E-state index contributed by atoms with van der Waals surface area (Å²) in [6.45, 7) is 4.12. The SMILES string of the molecule is Cc1ccc(-c2cc(Br)nn2-c2ccc(SOON)cc2)cc1.Cc1ccc(-c2cc(N)nn2-c2ccc(SOON)cc2)cc1. The van der Waals surface area contributed by atoms with E-state index in [4.69, 9.17) is 17.5 Å². The van der Waals surface area contributed by atoms with Gasteiger partial charge in [0.1, 0.15) is 10.4 Å². The number of aryl methyl sites for hydroxylation is 2. The Bertz CT molecular complexity index is 1710. The van der Waals surface area contributed by atoms with Gasteiger partial charge in [-0.05, 0) is 84.4 Å². The van der Waals surface area contributed by atoms with Crippen LogP contribution in [0, 0.1) is 13.8 Å². The number of hydrogen-bond donors (Lipinski definition) is 3. The molecule has 0 aliphatic carbocycles. The molecule has 0 aliphatic heterocycles. The first kappa shape index (κ1) is 33.4. The van der Waals surface area contributed by atoms with Gasteiger partial charge in [-0.25, -0.2) is 9.36 Å². The van der Waals surface area contributed by atoms with Crippen molar-refractivity contribution in [2.45, 2.75) is 23.6 Å². The standard InChI is InChI=1S/C16H14BrN3O2S.C16H16N4O2S/c2*1-11-2-4-12(5-3-11)15-10-16(17)19-20(15)13-6-8-14(9-7-13)23-22-21-18/h2-10H,18H2,1H3;2-10H,18H2,1H3,(H2,17,19). The molecule has 6 N–H and O–H groups in total. The third-order valence-electron chi connectivity index (χ3n) is 6.60. The van der Waals surface area contributed by atoms with E-state index in [9.17, 15) is 0 Å². The largest absolute Gasteiger partial charge is 0.382 e. The predicted molar refractivity (Wildman–Crippen MR) is 184 cm³/mol. The molecule has 0 unspecified atom stereocenters. The molecule has 11 nitrogen and oxygen atoms in total. The Hall–Kier alpha value is -3.96. The fourth-order valence-electron chi connectivity index (χ4n) is 4.41. The zero-order chi connectivity index (χ0) is 32.5. The van der Waals surface area contributed by atoms with Gasteiger partial charge in [0.05, 0.1) is 46.8 Å². The van der Waals surface area contributed by atoms with Crippen molar-refractivity contribution in [3.8, 4) is 33.9 Å². The molecule has 0 radical (unpaired) electrons. The number of nitrogen functional groups attached to an aromatic ring is 1. The summed E-state index contributed by atoms with van der Waals surface area (Å²) < 4.78 is 13.8. The minimum atomic E-state index is 0.471. The molecule has 0 saturated carbocycles. The number of rotatable bonds is 10. The van der Waals surface area contributed by atoms with E-state index in [2.05, 4.69) is 107 Å². The molecule has 0 fully saturated rings. The Kier molecular flexibility index (Phi) is 11.7. The van der Waals surface area contributed by atoms with Crippen molar-refractivity contribution >= 4 is 45.8 Å². The highest BCUT2D eigenvalue weighted by Gasteiger charge is 2.12. The Morgan fingerprint density at radius 1 is 0.587 bits per heavy atom. The maximum atomic E-state index is 5.89. The Morgan fingerprint density at radius 3 is 1.43 bits per heavy atom.